The number of hydrogen-bond donors (Lipinski definition) is 1. The Balaban J connectivity index is 1.08. The van der Waals surface area contributed by atoms with E-state index >= 15 is 0 Å². The van der Waals surface area contributed by atoms with Crippen LogP contribution in [0.15, 0.2) is 223 Å². The number of fused-ring (bicyclic) bond motifs is 7. The highest BCUT2D eigenvalue weighted by molar-refractivity contribution is 6.23. The summed E-state index contributed by atoms with van der Waals surface area (Å²) in [6.07, 6.45) is 1.97. The minimum Gasteiger partial charge on any atom is -0.360 e. The maximum atomic E-state index is 5.22. The lowest BCUT2D eigenvalue weighted by molar-refractivity contribution is 0.632. The van der Waals surface area contributed by atoms with Gasteiger partial charge in [-0.3, -0.25) is 4.99 Å². The van der Waals surface area contributed by atoms with Gasteiger partial charge in [-0.05, 0) is 92.7 Å². The van der Waals surface area contributed by atoms with Gasteiger partial charge in [0.2, 0.25) is 0 Å². The molecule has 1 N–H and O–H groups in total. The largest absolute Gasteiger partial charge is 0.360 e. The van der Waals surface area contributed by atoms with Crippen molar-refractivity contribution in [2.45, 2.75) is 25.4 Å². The third-order valence-corrected chi connectivity index (χ3v) is 13.2. The maximum Gasteiger partial charge on any atom is 0.145 e. The molecule has 2 aliphatic heterocycles. The van der Waals surface area contributed by atoms with Gasteiger partial charge < -0.3 is 14.8 Å². The highest BCUT2D eigenvalue weighted by atomic mass is 15.2. The van der Waals surface area contributed by atoms with Crippen LogP contribution in [0.3, 0.4) is 0 Å². The summed E-state index contributed by atoms with van der Waals surface area (Å²) in [6, 6.07) is 77.0. The Morgan fingerprint density at radius 3 is 2.02 bits per heavy atom. The molecule has 0 fully saturated rings. The van der Waals surface area contributed by atoms with E-state index in [1.165, 1.54) is 66.2 Å². The maximum absolute atomic E-state index is 5.22. The number of hydrogen-bond acceptors (Lipinski definition) is 3. The molecular formula is C59H44N4. The van der Waals surface area contributed by atoms with Crippen LogP contribution in [0.1, 0.15) is 47.8 Å². The van der Waals surface area contributed by atoms with Crippen LogP contribution in [-0.4, -0.2) is 10.3 Å². The number of benzene rings is 9. The van der Waals surface area contributed by atoms with Crippen molar-refractivity contribution in [1.29, 1.82) is 0 Å². The third-order valence-electron chi connectivity index (χ3n) is 13.2. The predicted octanol–water partition coefficient (Wildman–Crippen LogP) is 14.8. The molecule has 0 aliphatic carbocycles. The number of para-hydroxylation sites is 3. The van der Waals surface area contributed by atoms with E-state index < -0.39 is 0 Å². The summed E-state index contributed by atoms with van der Waals surface area (Å²) >= 11 is 0. The van der Waals surface area contributed by atoms with Crippen molar-refractivity contribution in [3.63, 3.8) is 0 Å². The number of nitrogens with zero attached hydrogens (tertiary/aromatic N) is 3. The number of allylic oxidation sites excluding steroid dienone is 1. The first-order valence-corrected chi connectivity index (χ1v) is 21.8. The Hall–Kier alpha value is -7.95. The molecule has 0 bridgehead atoms. The fourth-order valence-corrected chi connectivity index (χ4v) is 10.2. The molecule has 300 valence electrons. The summed E-state index contributed by atoms with van der Waals surface area (Å²) in [5, 5.41) is 8.77. The van der Waals surface area contributed by atoms with Gasteiger partial charge >= 0.3 is 0 Å². The molecule has 2 aliphatic rings. The van der Waals surface area contributed by atoms with Gasteiger partial charge in [-0.25, -0.2) is 0 Å². The molecule has 3 heterocycles. The molecule has 10 aromatic rings. The Labute approximate surface area is 367 Å². The van der Waals surface area contributed by atoms with Crippen molar-refractivity contribution in [2.75, 3.05) is 4.90 Å². The fourth-order valence-electron chi connectivity index (χ4n) is 10.2. The van der Waals surface area contributed by atoms with Gasteiger partial charge in [-0.15, -0.1) is 0 Å². The van der Waals surface area contributed by atoms with Gasteiger partial charge in [-0.2, -0.15) is 0 Å². The van der Waals surface area contributed by atoms with E-state index in [4.69, 9.17) is 4.99 Å². The topological polar surface area (TPSA) is 32.6 Å². The molecule has 4 heteroatoms. The van der Waals surface area contributed by atoms with E-state index in [0.717, 1.165) is 39.5 Å². The van der Waals surface area contributed by atoms with Gasteiger partial charge in [0.15, 0.2) is 0 Å². The molecule has 12 rings (SSSR count). The summed E-state index contributed by atoms with van der Waals surface area (Å²) in [5.41, 5.74) is 17.1. The van der Waals surface area contributed by atoms with E-state index in [-0.39, 0.29) is 11.6 Å². The standard InChI is InChI=1S/C59H44N4/c1-59(2)49-30-14-15-31-53(49)62(44-24-10-5-11-25-44)55-37-42(32-34-50(55)59)47-28-17-29-48-56-46-27-13-12-18-39(46)33-35-54(56)63(57(47)48)45-26-16-23-43(36-45)52-38-51(40-19-6-3-7-20-40)60-58(61-52)41-21-8-4-9-22-41/h3-38,58,61H,1-2H3. The Bertz CT molecular complexity index is 3450. The van der Waals surface area contributed by atoms with Gasteiger partial charge in [0.05, 0.1) is 28.1 Å². The number of aliphatic imine (C=N–C) groups is 1. The Morgan fingerprint density at radius 2 is 1.17 bits per heavy atom. The fraction of sp³-hybridized carbons (Fsp3) is 0.0678. The summed E-state index contributed by atoms with van der Waals surface area (Å²) in [7, 11) is 0. The van der Waals surface area contributed by atoms with E-state index in [1.807, 2.05) is 0 Å². The number of anilines is 3. The molecular weight excluding hydrogens is 765 g/mol. The van der Waals surface area contributed by atoms with Crippen LogP contribution in [0.4, 0.5) is 17.1 Å². The van der Waals surface area contributed by atoms with Crippen LogP contribution < -0.4 is 10.2 Å². The van der Waals surface area contributed by atoms with E-state index in [9.17, 15) is 0 Å². The quantitative estimate of drug-likeness (QED) is 0.181. The molecule has 63 heavy (non-hydrogen) atoms. The minimum absolute atomic E-state index is 0.192. The lowest BCUT2D eigenvalue weighted by atomic mass is 9.73. The highest BCUT2D eigenvalue weighted by Crippen LogP contribution is 2.53. The van der Waals surface area contributed by atoms with Crippen LogP contribution >= 0.6 is 0 Å². The summed E-state index contributed by atoms with van der Waals surface area (Å²) in [5.74, 6) is 0. The van der Waals surface area contributed by atoms with Crippen molar-refractivity contribution in [3.05, 3.63) is 246 Å². The zero-order valence-corrected chi connectivity index (χ0v) is 35.2. The van der Waals surface area contributed by atoms with Crippen molar-refractivity contribution in [1.82, 2.24) is 9.88 Å². The van der Waals surface area contributed by atoms with E-state index in [2.05, 4.69) is 247 Å². The molecule has 1 aromatic heterocycles. The molecule has 0 saturated heterocycles. The van der Waals surface area contributed by atoms with E-state index in [0.29, 0.717) is 0 Å². The zero-order chi connectivity index (χ0) is 42.1. The predicted molar refractivity (Wildman–Crippen MR) is 264 cm³/mol. The first kappa shape index (κ1) is 36.9. The molecule has 1 unspecified atom stereocenters. The lowest BCUT2D eigenvalue weighted by Gasteiger charge is -2.42. The summed E-state index contributed by atoms with van der Waals surface area (Å²) in [6.45, 7) is 4.72. The normalized spacial score (nSPS) is 15.4. The highest BCUT2D eigenvalue weighted by Gasteiger charge is 2.37. The number of aromatic nitrogens is 1. The summed E-state index contributed by atoms with van der Waals surface area (Å²) < 4.78 is 2.49. The molecule has 4 nitrogen and oxygen atoms in total. The average Bonchev–Trinajstić information content (AvgIpc) is 3.70. The summed E-state index contributed by atoms with van der Waals surface area (Å²) in [4.78, 5) is 7.67. The van der Waals surface area contributed by atoms with Crippen molar-refractivity contribution < 1.29 is 0 Å². The molecule has 0 spiro atoms. The van der Waals surface area contributed by atoms with Gasteiger partial charge in [0.25, 0.3) is 0 Å². The minimum atomic E-state index is -0.229. The van der Waals surface area contributed by atoms with Crippen LogP contribution in [0.2, 0.25) is 0 Å². The first-order chi connectivity index (χ1) is 31.0. The van der Waals surface area contributed by atoms with Crippen LogP contribution in [0.5, 0.6) is 0 Å². The second-order valence-electron chi connectivity index (χ2n) is 17.2. The first-order valence-electron chi connectivity index (χ1n) is 21.8. The van der Waals surface area contributed by atoms with Crippen LogP contribution in [-0.2, 0) is 5.41 Å². The van der Waals surface area contributed by atoms with Crippen molar-refractivity contribution in [3.8, 4) is 16.8 Å². The van der Waals surface area contributed by atoms with Gasteiger partial charge in [-0.1, -0.05) is 184 Å². The van der Waals surface area contributed by atoms with Gasteiger partial charge in [0, 0.05) is 38.8 Å². The average molecular weight is 809 g/mol. The second kappa shape index (κ2) is 14.6. The molecule has 9 aromatic carbocycles. The Morgan fingerprint density at radius 1 is 0.508 bits per heavy atom. The number of rotatable bonds is 6. The van der Waals surface area contributed by atoms with Crippen molar-refractivity contribution in [2.24, 2.45) is 4.99 Å². The third kappa shape index (κ3) is 6.01. The Kier molecular flexibility index (Phi) is 8.55. The van der Waals surface area contributed by atoms with Gasteiger partial charge in [0.1, 0.15) is 6.17 Å². The lowest BCUT2D eigenvalue weighted by Crippen LogP contribution is -2.30. The molecule has 1 atom stereocenters. The molecule has 0 radical (unpaired) electrons. The second-order valence-corrected chi connectivity index (χ2v) is 17.2. The smallest absolute Gasteiger partial charge is 0.145 e. The van der Waals surface area contributed by atoms with Crippen LogP contribution in [0.25, 0.3) is 55.1 Å². The number of nitrogens with one attached hydrogen (secondary N) is 1. The SMILES string of the molecule is CC1(C)c2ccccc2N(c2ccccc2)c2cc(-c3cccc4c5c6ccccc6ccc5n(-c5cccc(C6=CC(c7ccccc7)=NC(c7ccccc7)N6)c5)c34)ccc21. The van der Waals surface area contributed by atoms with E-state index in [1.54, 1.807) is 0 Å². The zero-order valence-electron chi connectivity index (χ0n) is 35.2. The monoisotopic (exact) mass is 808 g/mol. The van der Waals surface area contributed by atoms with Crippen molar-refractivity contribution >= 4 is 61.0 Å². The molecule has 0 amide bonds. The van der Waals surface area contributed by atoms with Crippen LogP contribution in [0, 0.1) is 0 Å². The molecule has 0 saturated carbocycles.